The Morgan fingerprint density at radius 3 is 2.79 bits per heavy atom. The number of nitrogens with one attached hydrogen (secondary N) is 1. The van der Waals surface area contributed by atoms with Crippen molar-refractivity contribution in [3.63, 3.8) is 0 Å². The normalized spacial score (nSPS) is 9.50. The fourth-order valence-electron chi connectivity index (χ4n) is 0.781. The lowest BCUT2D eigenvalue weighted by atomic mass is 10.3. The molecule has 5 nitrogen and oxygen atoms in total. The first-order valence-electron chi connectivity index (χ1n) is 3.72. The SMILES string of the molecule is O=C(O)CNC(=O)c1cccc(Cl)n1. The summed E-state index contributed by atoms with van der Waals surface area (Å²) in [5.74, 6) is -1.67. The van der Waals surface area contributed by atoms with Gasteiger partial charge in [-0.25, -0.2) is 4.98 Å². The first-order valence-corrected chi connectivity index (χ1v) is 4.10. The third-order valence-corrected chi connectivity index (χ3v) is 1.56. The van der Waals surface area contributed by atoms with Gasteiger partial charge in [0.25, 0.3) is 5.91 Å². The molecule has 0 spiro atoms. The molecule has 0 aliphatic carbocycles. The van der Waals surface area contributed by atoms with Crippen LogP contribution < -0.4 is 5.32 Å². The molecule has 0 aromatic carbocycles. The lowest BCUT2D eigenvalue weighted by Gasteiger charge is -2.00. The number of pyridine rings is 1. The number of hydrogen-bond acceptors (Lipinski definition) is 3. The minimum Gasteiger partial charge on any atom is -0.480 e. The fourth-order valence-corrected chi connectivity index (χ4v) is 0.945. The molecule has 0 saturated carbocycles. The largest absolute Gasteiger partial charge is 0.480 e. The van der Waals surface area contributed by atoms with E-state index in [1.807, 2.05) is 0 Å². The van der Waals surface area contributed by atoms with E-state index >= 15 is 0 Å². The number of nitrogens with zero attached hydrogens (tertiary/aromatic N) is 1. The highest BCUT2D eigenvalue weighted by Gasteiger charge is 2.08. The Balaban J connectivity index is 2.65. The van der Waals surface area contributed by atoms with Crippen molar-refractivity contribution >= 4 is 23.5 Å². The molecular formula is C8H7ClN2O3. The summed E-state index contributed by atoms with van der Waals surface area (Å²) < 4.78 is 0. The number of carbonyl (C=O) groups is 2. The maximum absolute atomic E-state index is 11.2. The van der Waals surface area contributed by atoms with Crippen LogP contribution in [0.4, 0.5) is 0 Å². The summed E-state index contributed by atoms with van der Waals surface area (Å²) in [7, 11) is 0. The molecule has 74 valence electrons. The number of aliphatic carboxylic acids is 1. The van der Waals surface area contributed by atoms with Gasteiger partial charge in [0.2, 0.25) is 0 Å². The van der Waals surface area contributed by atoms with Gasteiger partial charge < -0.3 is 10.4 Å². The molecule has 1 heterocycles. The number of carbonyl (C=O) groups excluding carboxylic acids is 1. The van der Waals surface area contributed by atoms with Crippen LogP contribution in [0.15, 0.2) is 18.2 Å². The average molecular weight is 215 g/mol. The number of halogens is 1. The molecule has 0 bridgehead atoms. The van der Waals surface area contributed by atoms with Crippen LogP contribution in [0, 0.1) is 0 Å². The molecule has 0 atom stereocenters. The van der Waals surface area contributed by atoms with Crippen LogP contribution in [0.3, 0.4) is 0 Å². The van der Waals surface area contributed by atoms with E-state index in [1.54, 1.807) is 6.07 Å². The zero-order valence-corrected chi connectivity index (χ0v) is 7.78. The van der Waals surface area contributed by atoms with Gasteiger partial charge in [-0.05, 0) is 12.1 Å². The zero-order valence-electron chi connectivity index (χ0n) is 7.03. The Hall–Kier alpha value is -1.62. The van der Waals surface area contributed by atoms with Crippen LogP contribution in [-0.4, -0.2) is 28.5 Å². The molecule has 2 N–H and O–H groups in total. The predicted octanol–water partition coefficient (Wildman–Crippen LogP) is 0.549. The summed E-state index contributed by atoms with van der Waals surface area (Å²) >= 11 is 5.54. The number of rotatable bonds is 3. The first-order chi connectivity index (χ1) is 6.59. The van der Waals surface area contributed by atoms with Gasteiger partial charge in [-0.1, -0.05) is 17.7 Å². The summed E-state index contributed by atoms with van der Waals surface area (Å²) in [6, 6.07) is 4.53. The van der Waals surface area contributed by atoms with Gasteiger partial charge in [0.1, 0.15) is 17.4 Å². The van der Waals surface area contributed by atoms with Gasteiger partial charge >= 0.3 is 5.97 Å². The van der Waals surface area contributed by atoms with E-state index in [0.29, 0.717) is 0 Å². The van der Waals surface area contributed by atoms with Gasteiger partial charge in [-0.2, -0.15) is 0 Å². The van der Waals surface area contributed by atoms with E-state index in [-0.39, 0.29) is 10.8 Å². The van der Waals surface area contributed by atoms with Gasteiger partial charge in [0.15, 0.2) is 0 Å². The molecule has 6 heteroatoms. The molecule has 1 amide bonds. The lowest BCUT2D eigenvalue weighted by molar-refractivity contribution is -0.135. The van der Waals surface area contributed by atoms with Crippen LogP contribution >= 0.6 is 11.6 Å². The second kappa shape index (κ2) is 4.57. The monoisotopic (exact) mass is 214 g/mol. The van der Waals surface area contributed by atoms with Crippen molar-refractivity contribution < 1.29 is 14.7 Å². The van der Waals surface area contributed by atoms with Crippen LogP contribution in [0.25, 0.3) is 0 Å². The number of amides is 1. The van der Waals surface area contributed by atoms with Crippen molar-refractivity contribution in [2.75, 3.05) is 6.54 Å². The van der Waals surface area contributed by atoms with Crippen LogP contribution in [-0.2, 0) is 4.79 Å². The lowest BCUT2D eigenvalue weighted by Crippen LogP contribution is -2.29. The Morgan fingerprint density at radius 1 is 1.50 bits per heavy atom. The van der Waals surface area contributed by atoms with Crippen LogP contribution in [0.1, 0.15) is 10.5 Å². The Bertz CT molecular complexity index is 367. The Morgan fingerprint density at radius 2 is 2.21 bits per heavy atom. The number of carboxylic acids is 1. The third-order valence-electron chi connectivity index (χ3n) is 1.35. The van der Waals surface area contributed by atoms with E-state index in [9.17, 15) is 9.59 Å². The summed E-state index contributed by atoms with van der Waals surface area (Å²) in [4.78, 5) is 25.1. The van der Waals surface area contributed by atoms with E-state index < -0.39 is 18.4 Å². The minimum absolute atomic E-state index is 0.0961. The maximum Gasteiger partial charge on any atom is 0.322 e. The molecule has 0 unspecified atom stereocenters. The summed E-state index contributed by atoms with van der Waals surface area (Å²) in [6.45, 7) is -0.437. The Kier molecular flexibility index (Phi) is 3.41. The van der Waals surface area contributed by atoms with Crippen LogP contribution in [0.2, 0.25) is 5.15 Å². The standard InChI is InChI=1S/C8H7ClN2O3/c9-6-3-1-2-5(11-6)8(14)10-4-7(12)13/h1-3H,4H2,(H,10,14)(H,12,13). The second-order valence-corrected chi connectivity index (χ2v) is 2.81. The maximum atomic E-state index is 11.2. The number of hydrogen-bond donors (Lipinski definition) is 2. The third kappa shape index (κ3) is 3.02. The van der Waals surface area contributed by atoms with Crippen LogP contribution in [0.5, 0.6) is 0 Å². The van der Waals surface area contributed by atoms with Crippen molar-refractivity contribution in [2.24, 2.45) is 0 Å². The quantitative estimate of drug-likeness (QED) is 0.721. The summed E-state index contributed by atoms with van der Waals surface area (Å²) in [6.07, 6.45) is 0. The fraction of sp³-hybridized carbons (Fsp3) is 0.125. The highest BCUT2D eigenvalue weighted by atomic mass is 35.5. The van der Waals surface area contributed by atoms with Crippen molar-refractivity contribution in [1.82, 2.24) is 10.3 Å². The Labute approximate surface area is 84.7 Å². The molecule has 14 heavy (non-hydrogen) atoms. The molecule has 0 radical (unpaired) electrons. The average Bonchev–Trinajstić information content (AvgIpc) is 2.14. The molecular weight excluding hydrogens is 208 g/mol. The number of aromatic nitrogens is 1. The molecule has 0 aliphatic rings. The van der Waals surface area contributed by atoms with Gasteiger partial charge in [-0.3, -0.25) is 9.59 Å². The highest BCUT2D eigenvalue weighted by molar-refractivity contribution is 6.29. The molecule has 1 rings (SSSR count). The molecule has 1 aromatic heterocycles. The molecule has 0 fully saturated rings. The summed E-state index contributed by atoms with van der Waals surface area (Å²) in [5, 5.41) is 10.7. The van der Waals surface area contributed by atoms with Crippen molar-refractivity contribution in [3.05, 3.63) is 29.0 Å². The van der Waals surface area contributed by atoms with E-state index in [1.165, 1.54) is 12.1 Å². The first kappa shape index (κ1) is 10.5. The number of carboxylic acid groups (broad SMARTS) is 1. The van der Waals surface area contributed by atoms with Gasteiger partial charge in [0, 0.05) is 0 Å². The van der Waals surface area contributed by atoms with Gasteiger partial charge in [0.05, 0.1) is 0 Å². The molecule has 1 aromatic rings. The minimum atomic E-state index is -1.11. The summed E-state index contributed by atoms with van der Waals surface area (Å²) in [5.41, 5.74) is 0.0961. The smallest absolute Gasteiger partial charge is 0.322 e. The zero-order chi connectivity index (χ0) is 10.6. The highest BCUT2D eigenvalue weighted by Crippen LogP contribution is 2.04. The second-order valence-electron chi connectivity index (χ2n) is 2.42. The van der Waals surface area contributed by atoms with Crippen molar-refractivity contribution in [2.45, 2.75) is 0 Å². The van der Waals surface area contributed by atoms with E-state index in [4.69, 9.17) is 16.7 Å². The van der Waals surface area contributed by atoms with E-state index in [0.717, 1.165) is 0 Å². The molecule has 0 aliphatic heterocycles. The predicted molar refractivity (Wildman–Crippen MR) is 49.2 cm³/mol. The molecule has 0 saturated heterocycles. The topological polar surface area (TPSA) is 79.3 Å². The van der Waals surface area contributed by atoms with Gasteiger partial charge in [-0.15, -0.1) is 0 Å². The van der Waals surface area contributed by atoms with Crippen molar-refractivity contribution in [1.29, 1.82) is 0 Å². The van der Waals surface area contributed by atoms with E-state index in [2.05, 4.69) is 10.3 Å². The van der Waals surface area contributed by atoms with Crippen molar-refractivity contribution in [3.8, 4) is 0 Å².